The van der Waals surface area contributed by atoms with Crippen molar-refractivity contribution in [1.29, 1.82) is 0 Å². The third-order valence-corrected chi connectivity index (χ3v) is 1.76. The standard InChI is InChI=1S/C3H9O2P.Al.3H/c1-3-6(2,4)5;;;;/h3H2,1-2H3,(H,4,5);;;;. The van der Waals surface area contributed by atoms with E-state index in [1.54, 1.807) is 6.92 Å². The van der Waals surface area contributed by atoms with Crippen LogP contribution in [0.15, 0.2) is 0 Å². The lowest BCUT2D eigenvalue weighted by molar-refractivity contribution is 0.486. The second-order valence-corrected chi connectivity index (χ2v) is 4.10. The molecule has 1 atom stereocenters. The van der Waals surface area contributed by atoms with Crippen LogP contribution in [0.2, 0.25) is 0 Å². The molecule has 1 N–H and O–H groups in total. The van der Waals surface area contributed by atoms with Gasteiger partial charge in [-0.1, -0.05) is 6.92 Å². The minimum Gasteiger partial charge on any atom is -0.344 e. The van der Waals surface area contributed by atoms with Crippen molar-refractivity contribution in [3.8, 4) is 0 Å². The van der Waals surface area contributed by atoms with Crippen LogP contribution in [-0.2, 0) is 4.57 Å². The third-order valence-electron chi connectivity index (χ3n) is 0.587. The summed E-state index contributed by atoms with van der Waals surface area (Å²) in [6.45, 7) is 3.05. The molecule has 0 saturated heterocycles. The normalized spacial score (nSPS) is 17.0. The molecule has 0 aromatic heterocycles. The van der Waals surface area contributed by atoms with Gasteiger partial charge in [-0.05, 0) is 0 Å². The zero-order valence-corrected chi connectivity index (χ0v) is 4.90. The predicted octanol–water partition coefficient (Wildman–Crippen LogP) is -0.277. The van der Waals surface area contributed by atoms with Gasteiger partial charge < -0.3 is 4.89 Å². The number of hydrogen-bond donors (Lipinski definition) is 1. The molecule has 2 nitrogen and oxygen atoms in total. The Kier molecular flexibility index (Phi) is 5.62. The second kappa shape index (κ2) is 3.69. The highest BCUT2D eigenvalue weighted by Crippen LogP contribution is 2.33. The maximum absolute atomic E-state index is 10.1. The van der Waals surface area contributed by atoms with Gasteiger partial charge in [-0.15, -0.1) is 0 Å². The van der Waals surface area contributed by atoms with Gasteiger partial charge in [-0.2, -0.15) is 0 Å². The van der Waals surface area contributed by atoms with Crippen LogP contribution in [0.5, 0.6) is 0 Å². The molecule has 0 saturated carbocycles. The van der Waals surface area contributed by atoms with E-state index in [0.717, 1.165) is 0 Å². The van der Waals surface area contributed by atoms with Crippen LogP contribution < -0.4 is 0 Å². The lowest BCUT2D eigenvalue weighted by Crippen LogP contribution is -1.75. The minimum absolute atomic E-state index is 0. The van der Waals surface area contributed by atoms with Crippen molar-refractivity contribution in [2.75, 3.05) is 12.8 Å². The van der Waals surface area contributed by atoms with Gasteiger partial charge in [0.05, 0.1) is 0 Å². The SMILES string of the molecule is CCP(C)(=O)O.[AlH3]. The summed E-state index contributed by atoms with van der Waals surface area (Å²) >= 11 is 0. The smallest absolute Gasteiger partial charge is 0.197 e. The topological polar surface area (TPSA) is 37.3 Å². The summed E-state index contributed by atoms with van der Waals surface area (Å²) in [7, 11) is -2.65. The Morgan fingerprint density at radius 1 is 1.71 bits per heavy atom. The van der Waals surface area contributed by atoms with Crippen molar-refractivity contribution < 1.29 is 9.46 Å². The zero-order valence-electron chi connectivity index (χ0n) is 4.01. The van der Waals surface area contributed by atoms with Crippen LogP contribution in [0.4, 0.5) is 0 Å². The fourth-order valence-corrected chi connectivity index (χ4v) is 0. The van der Waals surface area contributed by atoms with Crippen molar-refractivity contribution in [1.82, 2.24) is 0 Å². The molecule has 0 amide bonds. The van der Waals surface area contributed by atoms with Gasteiger partial charge in [0.1, 0.15) is 0 Å². The Labute approximate surface area is 54.5 Å². The third kappa shape index (κ3) is 10.8. The summed E-state index contributed by atoms with van der Waals surface area (Å²) < 4.78 is 10.1. The fraction of sp³-hybridized carbons (Fsp3) is 1.00. The van der Waals surface area contributed by atoms with E-state index >= 15 is 0 Å². The number of hydrogen-bond acceptors (Lipinski definition) is 1. The maximum Gasteiger partial charge on any atom is 0.197 e. The van der Waals surface area contributed by atoms with Crippen LogP contribution >= 0.6 is 7.37 Å². The predicted molar refractivity (Wildman–Crippen MR) is 36.2 cm³/mol. The van der Waals surface area contributed by atoms with Gasteiger partial charge in [0.2, 0.25) is 0 Å². The first-order valence-electron chi connectivity index (χ1n) is 1.85. The van der Waals surface area contributed by atoms with E-state index in [-0.39, 0.29) is 17.4 Å². The molecule has 44 valence electrons. The highest BCUT2D eigenvalue weighted by Gasteiger charge is 2.01. The van der Waals surface area contributed by atoms with Gasteiger partial charge in [0, 0.05) is 12.8 Å². The Hall–Kier alpha value is 0.722. The van der Waals surface area contributed by atoms with Gasteiger partial charge in [0.25, 0.3) is 0 Å². The molecule has 7 heavy (non-hydrogen) atoms. The van der Waals surface area contributed by atoms with Crippen LogP contribution in [0, 0.1) is 0 Å². The second-order valence-electron chi connectivity index (χ2n) is 1.37. The molecule has 0 aliphatic carbocycles. The van der Waals surface area contributed by atoms with Gasteiger partial charge >= 0.3 is 0 Å². The van der Waals surface area contributed by atoms with Crippen molar-refractivity contribution in [2.24, 2.45) is 0 Å². The zero-order chi connectivity index (χ0) is 5.21. The lowest BCUT2D eigenvalue weighted by atomic mass is 11.0. The van der Waals surface area contributed by atoms with Crippen molar-refractivity contribution in [2.45, 2.75) is 6.92 Å². The van der Waals surface area contributed by atoms with Crippen LogP contribution in [0.3, 0.4) is 0 Å². The molecule has 0 rings (SSSR count). The average molecular weight is 138 g/mol. The molecule has 0 heterocycles. The summed E-state index contributed by atoms with van der Waals surface area (Å²) in [6, 6.07) is 0. The van der Waals surface area contributed by atoms with Gasteiger partial charge in [0.15, 0.2) is 24.7 Å². The summed E-state index contributed by atoms with van der Waals surface area (Å²) in [5.41, 5.74) is 0. The van der Waals surface area contributed by atoms with Crippen molar-refractivity contribution >= 4 is 24.7 Å². The van der Waals surface area contributed by atoms with E-state index in [4.69, 9.17) is 4.89 Å². The van der Waals surface area contributed by atoms with E-state index in [0.29, 0.717) is 6.16 Å². The Balaban J connectivity index is 0. The van der Waals surface area contributed by atoms with Gasteiger partial charge in [-0.25, -0.2) is 0 Å². The summed E-state index contributed by atoms with van der Waals surface area (Å²) in [6.07, 6.45) is 0.382. The summed E-state index contributed by atoms with van der Waals surface area (Å²) in [5, 5.41) is 0. The molecule has 1 unspecified atom stereocenters. The molecule has 0 spiro atoms. The van der Waals surface area contributed by atoms with E-state index in [9.17, 15) is 4.57 Å². The Bertz CT molecular complexity index is 77.0. The van der Waals surface area contributed by atoms with Gasteiger partial charge in [-0.3, -0.25) is 4.57 Å². The largest absolute Gasteiger partial charge is 0.344 e. The molecule has 0 aromatic rings. The molecule has 0 aliphatic heterocycles. The molecule has 4 heteroatoms. The van der Waals surface area contributed by atoms with E-state index in [1.165, 1.54) is 6.66 Å². The van der Waals surface area contributed by atoms with Crippen molar-refractivity contribution in [3.05, 3.63) is 0 Å². The highest BCUT2D eigenvalue weighted by atomic mass is 31.2. The van der Waals surface area contributed by atoms with Crippen LogP contribution in [0.1, 0.15) is 6.92 Å². The average Bonchev–Trinajstić information content (AvgIpc) is 1.35. The highest BCUT2D eigenvalue weighted by molar-refractivity contribution is 7.57. The monoisotopic (exact) mass is 138 g/mol. The first-order valence-corrected chi connectivity index (χ1v) is 4.15. The lowest BCUT2D eigenvalue weighted by Gasteiger charge is -1.94. The molecular formula is C3H12AlO2P. The van der Waals surface area contributed by atoms with Crippen molar-refractivity contribution in [3.63, 3.8) is 0 Å². The first-order chi connectivity index (χ1) is 2.56. The van der Waals surface area contributed by atoms with E-state index in [1.807, 2.05) is 0 Å². The number of rotatable bonds is 1. The van der Waals surface area contributed by atoms with Crippen LogP contribution in [-0.4, -0.2) is 35.1 Å². The minimum atomic E-state index is -2.65. The van der Waals surface area contributed by atoms with Crippen LogP contribution in [0.25, 0.3) is 0 Å². The Morgan fingerprint density at radius 2 is 1.86 bits per heavy atom. The Morgan fingerprint density at radius 3 is 1.86 bits per heavy atom. The molecule has 0 fully saturated rings. The van der Waals surface area contributed by atoms with E-state index < -0.39 is 7.37 Å². The quantitative estimate of drug-likeness (QED) is 0.399. The molecule has 0 aliphatic rings. The maximum atomic E-state index is 10.1. The summed E-state index contributed by atoms with van der Waals surface area (Å²) in [4.78, 5) is 8.38. The van der Waals surface area contributed by atoms with E-state index in [2.05, 4.69) is 0 Å². The summed E-state index contributed by atoms with van der Waals surface area (Å²) in [5.74, 6) is 0. The molecular weight excluding hydrogens is 126 g/mol. The fourth-order valence-electron chi connectivity index (χ4n) is 0. The molecule has 0 bridgehead atoms. The molecule has 0 radical (unpaired) electrons. The molecule has 0 aromatic carbocycles. The first kappa shape index (κ1) is 10.7.